The molecule has 2 heterocycles. The Labute approximate surface area is 101 Å². The van der Waals surface area contributed by atoms with Crippen LogP contribution in [0.3, 0.4) is 0 Å². The smallest absolute Gasteiger partial charge is 0.225 e. The van der Waals surface area contributed by atoms with E-state index in [4.69, 9.17) is 0 Å². The van der Waals surface area contributed by atoms with E-state index in [1.165, 1.54) is 16.7 Å². The zero-order chi connectivity index (χ0) is 11.7. The van der Waals surface area contributed by atoms with Gasteiger partial charge in [0, 0.05) is 32.7 Å². The van der Waals surface area contributed by atoms with Gasteiger partial charge in [-0.25, -0.2) is 0 Å². The summed E-state index contributed by atoms with van der Waals surface area (Å²) in [5, 5.41) is 9.42. The van der Waals surface area contributed by atoms with Gasteiger partial charge in [0.1, 0.15) is 0 Å². The number of rotatable bonds is 3. The van der Waals surface area contributed by atoms with Crippen molar-refractivity contribution in [2.45, 2.75) is 19.6 Å². The monoisotopic (exact) mass is 231 g/mol. The number of fused-ring (bicyclic) bond motifs is 1. The Bertz CT molecular complexity index is 440. The fraction of sp³-hybridized carbons (Fsp3) is 0.462. The molecule has 0 radical (unpaired) electrons. The third-order valence-electron chi connectivity index (χ3n) is 3.52. The summed E-state index contributed by atoms with van der Waals surface area (Å²) in [6.07, 6.45) is 0. The van der Waals surface area contributed by atoms with Gasteiger partial charge in [-0.1, -0.05) is 18.2 Å². The third kappa shape index (κ3) is 2.18. The van der Waals surface area contributed by atoms with Crippen LogP contribution >= 0.6 is 0 Å². The zero-order valence-electron chi connectivity index (χ0n) is 9.75. The van der Waals surface area contributed by atoms with E-state index in [-0.39, 0.29) is 11.8 Å². The molecule has 0 bridgehead atoms. The fourth-order valence-electron chi connectivity index (χ4n) is 2.27. The molecule has 1 fully saturated rings. The lowest BCUT2D eigenvalue weighted by Crippen LogP contribution is -2.50. The first kappa shape index (κ1) is 10.7. The van der Waals surface area contributed by atoms with E-state index < -0.39 is 0 Å². The molecular formula is C13H17N3O. The Morgan fingerprint density at radius 2 is 2.06 bits per heavy atom. The Balaban J connectivity index is 1.59. The topological polar surface area (TPSA) is 53.2 Å². The highest BCUT2D eigenvalue weighted by Gasteiger charge is 2.24. The third-order valence-corrected chi connectivity index (χ3v) is 3.52. The number of carbonyl (C=O) groups is 1. The summed E-state index contributed by atoms with van der Waals surface area (Å²) in [6, 6.07) is 6.45. The van der Waals surface area contributed by atoms with E-state index in [0.29, 0.717) is 6.54 Å². The maximum Gasteiger partial charge on any atom is 0.225 e. The molecule has 1 aromatic rings. The summed E-state index contributed by atoms with van der Waals surface area (Å²) in [7, 11) is 0. The van der Waals surface area contributed by atoms with Crippen LogP contribution in [0.1, 0.15) is 16.7 Å². The first-order valence-electron chi connectivity index (χ1n) is 6.13. The molecule has 1 aromatic carbocycles. The Hall–Kier alpha value is -1.39. The van der Waals surface area contributed by atoms with Crippen molar-refractivity contribution in [2.24, 2.45) is 5.92 Å². The molecule has 2 aliphatic heterocycles. The van der Waals surface area contributed by atoms with Gasteiger partial charge in [-0.2, -0.15) is 0 Å². The van der Waals surface area contributed by atoms with Gasteiger partial charge in [0.05, 0.1) is 5.92 Å². The lowest BCUT2D eigenvalue weighted by molar-refractivity contribution is -0.126. The molecule has 0 aromatic heterocycles. The number of carbonyl (C=O) groups excluding carboxylic acids is 1. The Kier molecular flexibility index (Phi) is 2.82. The highest BCUT2D eigenvalue weighted by molar-refractivity contribution is 5.79. The average molecular weight is 231 g/mol. The van der Waals surface area contributed by atoms with Crippen LogP contribution in [-0.2, 0) is 24.4 Å². The van der Waals surface area contributed by atoms with Crippen LogP contribution in [0.15, 0.2) is 18.2 Å². The maximum atomic E-state index is 11.7. The molecule has 3 N–H and O–H groups in total. The minimum Gasteiger partial charge on any atom is -0.352 e. The lowest BCUT2D eigenvalue weighted by Gasteiger charge is -2.25. The molecule has 0 unspecified atom stereocenters. The van der Waals surface area contributed by atoms with E-state index in [9.17, 15) is 4.79 Å². The van der Waals surface area contributed by atoms with E-state index in [1.807, 2.05) is 0 Å². The van der Waals surface area contributed by atoms with Crippen molar-refractivity contribution in [3.05, 3.63) is 34.9 Å². The standard InChI is InChI=1S/C13H17N3O/c17-13(12-7-15-8-12)16-4-9-1-2-10-5-14-6-11(10)3-9/h1-3,12,14-15H,4-8H2,(H,16,17). The second-order valence-electron chi connectivity index (χ2n) is 4.78. The molecule has 90 valence electrons. The van der Waals surface area contributed by atoms with Gasteiger partial charge >= 0.3 is 0 Å². The molecule has 4 nitrogen and oxygen atoms in total. The van der Waals surface area contributed by atoms with E-state index >= 15 is 0 Å². The summed E-state index contributed by atoms with van der Waals surface area (Å²) >= 11 is 0. The SMILES string of the molecule is O=C(NCc1ccc2c(c1)CNC2)C1CNC1. The minimum atomic E-state index is 0.169. The zero-order valence-corrected chi connectivity index (χ0v) is 9.75. The summed E-state index contributed by atoms with van der Waals surface area (Å²) < 4.78 is 0. The second-order valence-corrected chi connectivity index (χ2v) is 4.78. The molecule has 3 rings (SSSR count). The summed E-state index contributed by atoms with van der Waals surface area (Å²) in [6.45, 7) is 4.20. The number of hydrogen-bond acceptors (Lipinski definition) is 3. The number of benzene rings is 1. The van der Waals surface area contributed by atoms with Gasteiger partial charge in [-0.05, 0) is 16.7 Å². The second kappa shape index (κ2) is 4.47. The quantitative estimate of drug-likeness (QED) is 0.693. The molecule has 2 aliphatic rings. The number of hydrogen-bond donors (Lipinski definition) is 3. The van der Waals surface area contributed by atoms with Crippen molar-refractivity contribution < 1.29 is 4.79 Å². The summed E-state index contributed by atoms with van der Waals surface area (Å²) in [4.78, 5) is 11.7. The lowest BCUT2D eigenvalue weighted by atomic mass is 10.0. The Morgan fingerprint density at radius 3 is 2.82 bits per heavy atom. The van der Waals surface area contributed by atoms with E-state index in [1.54, 1.807) is 0 Å². The summed E-state index contributed by atoms with van der Waals surface area (Å²) in [5.74, 6) is 0.341. The van der Waals surface area contributed by atoms with Crippen molar-refractivity contribution in [2.75, 3.05) is 13.1 Å². The van der Waals surface area contributed by atoms with Crippen LogP contribution in [0.25, 0.3) is 0 Å². The van der Waals surface area contributed by atoms with Crippen molar-refractivity contribution in [1.29, 1.82) is 0 Å². The van der Waals surface area contributed by atoms with Crippen molar-refractivity contribution in [1.82, 2.24) is 16.0 Å². The first-order chi connectivity index (χ1) is 8.33. The molecule has 0 saturated carbocycles. The molecule has 1 amide bonds. The molecule has 0 spiro atoms. The van der Waals surface area contributed by atoms with Gasteiger partial charge < -0.3 is 16.0 Å². The van der Waals surface area contributed by atoms with Crippen molar-refractivity contribution in [3.63, 3.8) is 0 Å². The van der Waals surface area contributed by atoms with Gasteiger partial charge in [-0.3, -0.25) is 4.79 Å². The summed E-state index contributed by atoms with van der Waals surface area (Å²) in [5.41, 5.74) is 3.93. The number of amides is 1. The van der Waals surface area contributed by atoms with E-state index in [0.717, 1.165) is 26.2 Å². The molecule has 0 aliphatic carbocycles. The largest absolute Gasteiger partial charge is 0.352 e. The van der Waals surface area contributed by atoms with Crippen LogP contribution in [0, 0.1) is 5.92 Å². The predicted octanol–water partition coefficient (Wildman–Crippen LogP) is 0.125. The van der Waals surface area contributed by atoms with Gasteiger partial charge in [0.2, 0.25) is 5.91 Å². The normalized spacial score (nSPS) is 18.6. The highest BCUT2D eigenvalue weighted by Crippen LogP contribution is 2.17. The van der Waals surface area contributed by atoms with Gasteiger partial charge in [0.15, 0.2) is 0 Å². The predicted molar refractivity (Wildman–Crippen MR) is 65.2 cm³/mol. The first-order valence-corrected chi connectivity index (χ1v) is 6.13. The van der Waals surface area contributed by atoms with Gasteiger partial charge in [0.25, 0.3) is 0 Å². The van der Waals surface area contributed by atoms with Crippen molar-refractivity contribution in [3.8, 4) is 0 Å². The maximum absolute atomic E-state index is 11.7. The Morgan fingerprint density at radius 1 is 1.24 bits per heavy atom. The van der Waals surface area contributed by atoms with Crippen molar-refractivity contribution >= 4 is 5.91 Å². The van der Waals surface area contributed by atoms with Crippen LogP contribution in [0.4, 0.5) is 0 Å². The molecule has 17 heavy (non-hydrogen) atoms. The molecule has 4 heteroatoms. The fourth-order valence-corrected chi connectivity index (χ4v) is 2.27. The number of nitrogens with one attached hydrogen (secondary N) is 3. The van der Waals surface area contributed by atoms with Crippen LogP contribution in [-0.4, -0.2) is 19.0 Å². The van der Waals surface area contributed by atoms with Crippen LogP contribution in [0.2, 0.25) is 0 Å². The molecular weight excluding hydrogens is 214 g/mol. The average Bonchev–Trinajstić information content (AvgIpc) is 2.71. The van der Waals surface area contributed by atoms with E-state index in [2.05, 4.69) is 34.1 Å². The van der Waals surface area contributed by atoms with Gasteiger partial charge in [-0.15, -0.1) is 0 Å². The van der Waals surface area contributed by atoms with Crippen LogP contribution in [0.5, 0.6) is 0 Å². The van der Waals surface area contributed by atoms with Crippen LogP contribution < -0.4 is 16.0 Å². The molecule has 0 atom stereocenters. The minimum absolute atomic E-state index is 0.169. The molecule has 1 saturated heterocycles. The highest BCUT2D eigenvalue weighted by atomic mass is 16.2.